The van der Waals surface area contributed by atoms with Gasteiger partial charge in [0.05, 0.1) is 18.2 Å². The summed E-state index contributed by atoms with van der Waals surface area (Å²) >= 11 is 0. The van der Waals surface area contributed by atoms with Gasteiger partial charge in [-0.3, -0.25) is 14.5 Å². The SMILES string of the molecule is CC(=O)N[C@H]1[C@H]([C@H](O)[C@H](O)CNC(=O)c2cc(C)c(O)c(C)c2)O[C@@](CCN2CCC[C@]23CCN(C(=O)OC(C)(C)C)C3)(C(=O)O)C[C@@H]1O. The number of aliphatic carboxylic acids is 1. The molecule has 4 rings (SSSR count). The Labute approximate surface area is 286 Å². The zero-order valence-corrected chi connectivity index (χ0v) is 29.2. The van der Waals surface area contributed by atoms with E-state index in [0.29, 0.717) is 37.2 Å². The van der Waals surface area contributed by atoms with Crippen LogP contribution in [0.1, 0.15) is 81.3 Å². The number of hydrogen-bond donors (Lipinski definition) is 7. The van der Waals surface area contributed by atoms with Gasteiger partial charge in [0.15, 0.2) is 5.60 Å². The summed E-state index contributed by atoms with van der Waals surface area (Å²) in [6, 6.07) is 1.68. The summed E-state index contributed by atoms with van der Waals surface area (Å²) in [6.45, 7) is 11.3. The fraction of sp³-hybridized carbons (Fsp3) is 0.706. The Bertz CT molecular complexity index is 1390. The quantitative estimate of drug-likeness (QED) is 0.181. The molecule has 3 fully saturated rings. The number of benzene rings is 1. The third-order valence-electron chi connectivity index (χ3n) is 9.90. The molecule has 3 aliphatic rings. The van der Waals surface area contributed by atoms with Gasteiger partial charge in [-0.25, -0.2) is 9.59 Å². The van der Waals surface area contributed by atoms with Gasteiger partial charge in [-0.1, -0.05) is 0 Å². The Morgan fingerprint density at radius 1 is 1.10 bits per heavy atom. The molecule has 274 valence electrons. The summed E-state index contributed by atoms with van der Waals surface area (Å²) in [7, 11) is 0. The Morgan fingerprint density at radius 3 is 2.35 bits per heavy atom. The minimum Gasteiger partial charge on any atom is -0.507 e. The van der Waals surface area contributed by atoms with Crippen molar-refractivity contribution in [3.63, 3.8) is 0 Å². The average molecular weight is 693 g/mol. The van der Waals surface area contributed by atoms with Crippen molar-refractivity contribution in [2.24, 2.45) is 0 Å². The molecule has 15 nitrogen and oxygen atoms in total. The van der Waals surface area contributed by atoms with Gasteiger partial charge in [-0.2, -0.15) is 0 Å². The number of phenolic OH excluding ortho intramolecular Hbond substituents is 1. The number of carbonyl (C=O) groups is 4. The van der Waals surface area contributed by atoms with E-state index in [1.807, 2.05) is 0 Å². The standard InChI is InChI=1S/C34H52N4O11/c1-19-14-22(15-20(2)26(19)42)29(44)35-17-24(41)27(43)28-25(36-21(3)39)23(40)16-34(48-28,30(45)46)10-13-38-11-7-8-33(38)9-12-37(18-33)31(47)49-32(4,5)6/h14-15,23-25,27-28,40-43H,7-13,16-18H2,1-6H3,(H,35,44)(H,36,39)(H,45,46)/t23-,24+,25+,27+,28+,33+,34+/m0/s1. The number of aliphatic hydroxyl groups is 3. The Hall–Kier alpha value is -3.50. The molecule has 7 atom stereocenters. The van der Waals surface area contributed by atoms with Gasteiger partial charge in [0.2, 0.25) is 5.91 Å². The average Bonchev–Trinajstić information content (AvgIpc) is 3.63. The lowest BCUT2D eigenvalue weighted by Crippen LogP contribution is -2.68. The van der Waals surface area contributed by atoms with Crippen molar-refractivity contribution >= 4 is 23.9 Å². The molecule has 0 aromatic heterocycles. The molecular weight excluding hydrogens is 640 g/mol. The molecule has 0 bridgehead atoms. The molecule has 1 spiro atoms. The number of carbonyl (C=O) groups excluding carboxylic acids is 3. The number of hydrogen-bond acceptors (Lipinski definition) is 11. The first-order chi connectivity index (χ1) is 22.8. The largest absolute Gasteiger partial charge is 0.507 e. The highest BCUT2D eigenvalue weighted by Gasteiger charge is 2.55. The maximum atomic E-state index is 12.9. The highest BCUT2D eigenvalue weighted by atomic mass is 16.6. The summed E-state index contributed by atoms with van der Waals surface area (Å²) in [5, 5.41) is 59.1. The zero-order chi connectivity index (χ0) is 36.5. The van der Waals surface area contributed by atoms with Gasteiger partial charge in [-0.05, 0) is 83.7 Å². The van der Waals surface area contributed by atoms with Crippen molar-refractivity contribution in [3.8, 4) is 5.75 Å². The van der Waals surface area contributed by atoms with Crippen LogP contribution in [0.5, 0.6) is 5.75 Å². The predicted molar refractivity (Wildman–Crippen MR) is 176 cm³/mol. The summed E-state index contributed by atoms with van der Waals surface area (Å²) < 4.78 is 11.7. The Balaban J connectivity index is 1.48. The number of amides is 3. The number of aromatic hydroxyl groups is 1. The normalized spacial score (nSPS) is 28.7. The van der Waals surface area contributed by atoms with Gasteiger partial charge < -0.3 is 50.5 Å². The van der Waals surface area contributed by atoms with Crippen LogP contribution in [0.15, 0.2) is 12.1 Å². The van der Waals surface area contributed by atoms with Crippen LogP contribution in [0.2, 0.25) is 0 Å². The summed E-state index contributed by atoms with van der Waals surface area (Å²) in [5.74, 6) is -2.47. The minimum atomic E-state index is -1.99. The number of likely N-dealkylation sites (tertiary alicyclic amines) is 2. The molecule has 0 saturated carbocycles. The zero-order valence-electron chi connectivity index (χ0n) is 29.2. The van der Waals surface area contributed by atoms with E-state index in [1.165, 1.54) is 19.1 Å². The van der Waals surface area contributed by atoms with Crippen LogP contribution in [-0.2, 0) is 19.1 Å². The number of carboxylic acid groups (broad SMARTS) is 1. The number of aryl methyl sites for hydroxylation is 2. The van der Waals surface area contributed by atoms with Gasteiger partial charge in [0.1, 0.15) is 23.6 Å². The maximum absolute atomic E-state index is 12.9. The molecule has 0 unspecified atom stereocenters. The van der Waals surface area contributed by atoms with Gasteiger partial charge >= 0.3 is 12.1 Å². The predicted octanol–water partition coefficient (Wildman–Crippen LogP) is 0.804. The van der Waals surface area contributed by atoms with Crippen LogP contribution in [0, 0.1) is 13.8 Å². The van der Waals surface area contributed by atoms with Crippen molar-refractivity contribution in [2.75, 3.05) is 32.7 Å². The number of nitrogens with one attached hydrogen (secondary N) is 2. The summed E-state index contributed by atoms with van der Waals surface area (Å²) in [6.07, 6.45) is -5.07. The third-order valence-corrected chi connectivity index (χ3v) is 9.90. The van der Waals surface area contributed by atoms with Crippen molar-refractivity contribution in [3.05, 3.63) is 28.8 Å². The lowest BCUT2D eigenvalue weighted by molar-refractivity contribution is -0.230. The first-order valence-corrected chi connectivity index (χ1v) is 16.8. The van der Waals surface area contributed by atoms with Gasteiger partial charge in [-0.15, -0.1) is 0 Å². The van der Waals surface area contributed by atoms with E-state index < -0.39 is 78.5 Å². The number of phenols is 1. The van der Waals surface area contributed by atoms with Crippen LogP contribution >= 0.6 is 0 Å². The molecule has 3 heterocycles. The number of aliphatic hydroxyl groups excluding tert-OH is 3. The van der Waals surface area contributed by atoms with Crippen LogP contribution in [-0.4, -0.2) is 139 Å². The number of carboxylic acids is 1. The smallest absolute Gasteiger partial charge is 0.410 e. The van der Waals surface area contributed by atoms with Crippen LogP contribution < -0.4 is 10.6 Å². The molecule has 1 aromatic rings. The minimum absolute atomic E-state index is 0.0526. The number of nitrogens with zero attached hydrogens (tertiary/aromatic N) is 2. The fourth-order valence-electron chi connectivity index (χ4n) is 7.35. The van der Waals surface area contributed by atoms with E-state index >= 15 is 0 Å². The first-order valence-electron chi connectivity index (χ1n) is 16.8. The van der Waals surface area contributed by atoms with E-state index in [4.69, 9.17) is 9.47 Å². The second-order valence-electron chi connectivity index (χ2n) is 14.8. The fourth-order valence-corrected chi connectivity index (χ4v) is 7.35. The molecule has 1 aromatic carbocycles. The first kappa shape index (κ1) is 38.3. The van der Waals surface area contributed by atoms with Crippen LogP contribution in [0.4, 0.5) is 4.79 Å². The molecule has 3 aliphatic heterocycles. The van der Waals surface area contributed by atoms with Crippen LogP contribution in [0.25, 0.3) is 0 Å². The molecule has 3 amide bonds. The van der Waals surface area contributed by atoms with E-state index in [0.717, 1.165) is 12.8 Å². The second kappa shape index (κ2) is 14.8. The molecule has 15 heteroatoms. The highest BCUT2D eigenvalue weighted by molar-refractivity contribution is 5.94. The lowest BCUT2D eigenvalue weighted by Gasteiger charge is -2.48. The van der Waals surface area contributed by atoms with E-state index in [9.17, 15) is 44.7 Å². The van der Waals surface area contributed by atoms with Crippen molar-refractivity contribution < 1.29 is 54.2 Å². The monoisotopic (exact) mass is 692 g/mol. The Morgan fingerprint density at radius 2 is 1.76 bits per heavy atom. The summed E-state index contributed by atoms with van der Waals surface area (Å²) in [5.41, 5.74) is -1.83. The lowest BCUT2D eigenvalue weighted by atomic mass is 9.81. The molecule has 49 heavy (non-hydrogen) atoms. The third kappa shape index (κ3) is 8.63. The summed E-state index contributed by atoms with van der Waals surface area (Å²) in [4.78, 5) is 54.4. The number of ether oxygens (including phenoxy) is 2. The van der Waals surface area contributed by atoms with Gasteiger partial charge in [0.25, 0.3) is 5.91 Å². The number of rotatable bonds is 10. The highest BCUT2D eigenvalue weighted by Crippen LogP contribution is 2.41. The molecule has 0 radical (unpaired) electrons. The van der Waals surface area contributed by atoms with Crippen molar-refractivity contribution in [1.82, 2.24) is 20.4 Å². The van der Waals surface area contributed by atoms with E-state index in [2.05, 4.69) is 15.5 Å². The molecule has 0 aliphatic carbocycles. The maximum Gasteiger partial charge on any atom is 0.410 e. The van der Waals surface area contributed by atoms with Gasteiger partial charge in [0, 0.05) is 57.0 Å². The topological polar surface area (TPSA) is 218 Å². The van der Waals surface area contributed by atoms with E-state index in [-0.39, 0.29) is 29.8 Å². The molecule has 3 saturated heterocycles. The second-order valence-corrected chi connectivity index (χ2v) is 14.8. The Kier molecular flexibility index (Phi) is 11.5. The molecular formula is C34H52N4O11. The van der Waals surface area contributed by atoms with Crippen LogP contribution in [0.3, 0.4) is 0 Å². The van der Waals surface area contributed by atoms with E-state index in [1.54, 1.807) is 39.5 Å². The molecule has 7 N–H and O–H groups in total. The van der Waals surface area contributed by atoms with Crippen molar-refractivity contribution in [1.29, 1.82) is 0 Å². The van der Waals surface area contributed by atoms with Crippen molar-refractivity contribution in [2.45, 2.75) is 121 Å².